The summed E-state index contributed by atoms with van der Waals surface area (Å²) in [6, 6.07) is 7.59. The van der Waals surface area contributed by atoms with Gasteiger partial charge in [0.15, 0.2) is 5.82 Å². The first-order valence-electron chi connectivity index (χ1n) is 9.08. The van der Waals surface area contributed by atoms with Crippen LogP contribution in [0.1, 0.15) is 29.0 Å². The number of para-hydroxylation sites is 1. The van der Waals surface area contributed by atoms with E-state index in [0.717, 1.165) is 24.2 Å². The van der Waals surface area contributed by atoms with Crippen molar-refractivity contribution in [3.05, 3.63) is 66.0 Å². The van der Waals surface area contributed by atoms with Gasteiger partial charge in [0.05, 0.1) is 6.26 Å². The molecule has 6 heteroatoms. The number of rotatable bonds is 3. The van der Waals surface area contributed by atoms with Gasteiger partial charge in [0, 0.05) is 49.6 Å². The summed E-state index contributed by atoms with van der Waals surface area (Å²) in [6.45, 7) is 1.06. The molecule has 6 nitrogen and oxygen atoms in total. The van der Waals surface area contributed by atoms with E-state index in [4.69, 9.17) is 4.74 Å². The average Bonchev–Trinajstić information content (AvgIpc) is 3.00. The number of fused-ring (bicyclic) bond motifs is 1. The molecular weight excluding hydrogens is 342 g/mol. The Kier molecular flexibility index (Phi) is 4.62. The molecule has 0 bridgehead atoms. The molecule has 0 unspecified atom stereocenters. The number of hydrogen-bond acceptors (Lipinski definition) is 4. The summed E-state index contributed by atoms with van der Waals surface area (Å²) < 4.78 is 7.30. The largest absolute Gasteiger partial charge is 0.464 e. The highest BCUT2D eigenvalue weighted by atomic mass is 16.5. The fourth-order valence-corrected chi connectivity index (χ4v) is 3.58. The highest BCUT2D eigenvalue weighted by Crippen LogP contribution is 2.27. The number of carbonyl (C=O) groups excluding carboxylic acids is 2. The van der Waals surface area contributed by atoms with Crippen molar-refractivity contribution >= 4 is 17.8 Å². The number of benzene rings is 1. The third kappa shape index (κ3) is 3.43. The lowest BCUT2D eigenvalue weighted by Crippen LogP contribution is -2.43. The topological polar surface area (TPSA) is 64.4 Å². The Morgan fingerprint density at radius 2 is 2.11 bits per heavy atom. The summed E-state index contributed by atoms with van der Waals surface area (Å²) in [6.07, 6.45) is 10.0. The van der Waals surface area contributed by atoms with E-state index in [1.54, 1.807) is 27.9 Å². The summed E-state index contributed by atoms with van der Waals surface area (Å²) >= 11 is 0. The van der Waals surface area contributed by atoms with Crippen molar-refractivity contribution < 1.29 is 14.3 Å². The molecular formula is C21H21N3O3. The van der Waals surface area contributed by atoms with Gasteiger partial charge in [-0.05, 0) is 31.1 Å². The smallest absolute Gasteiger partial charge is 0.254 e. The predicted octanol–water partition coefficient (Wildman–Crippen LogP) is 2.83. The number of aromatic nitrogens is 2. The first-order valence-corrected chi connectivity index (χ1v) is 9.08. The first kappa shape index (κ1) is 17.3. The first-order chi connectivity index (χ1) is 13.1. The van der Waals surface area contributed by atoms with Gasteiger partial charge in [-0.25, -0.2) is 4.98 Å². The summed E-state index contributed by atoms with van der Waals surface area (Å²) in [4.78, 5) is 31.8. The molecule has 2 aliphatic rings. The Bertz CT molecular complexity index is 942. The normalized spacial score (nSPS) is 18.9. The Morgan fingerprint density at radius 3 is 2.93 bits per heavy atom. The van der Waals surface area contributed by atoms with Gasteiger partial charge in [-0.3, -0.25) is 9.59 Å². The molecule has 0 saturated carbocycles. The third-order valence-electron chi connectivity index (χ3n) is 5.04. The van der Waals surface area contributed by atoms with Crippen molar-refractivity contribution in [1.82, 2.24) is 14.5 Å². The molecule has 2 aliphatic heterocycles. The van der Waals surface area contributed by atoms with Gasteiger partial charge >= 0.3 is 0 Å². The molecule has 1 aromatic carbocycles. The highest BCUT2D eigenvalue weighted by Gasteiger charge is 2.31. The second-order valence-corrected chi connectivity index (χ2v) is 6.87. The van der Waals surface area contributed by atoms with E-state index in [-0.39, 0.29) is 17.6 Å². The van der Waals surface area contributed by atoms with Crippen molar-refractivity contribution in [2.75, 3.05) is 13.1 Å². The second kappa shape index (κ2) is 7.23. The molecule has 27 heavy (non-hydrogen) atoms. The lowest BCUT2D eigenvalue weighted by atomic mass is 9.92. The molecule has 138 valence electrons. The minimum Gasteiger partial charge on any atom is -0.464 e. The number of hydrogen-bond donors (Lipinski definition) is 0. The van der Waals surface area contributed by atoms with E-state index >= 15 is 0 Å². The molecule has 1 amide bonds. The molecule has 1 saturated heterocycles. The lowest BCUT2D eigenvalue weighted by Gasteiger charge is -2.32. The Morgan fingerprint density at radius 1 is 1.26 bits per heavy atom. The van der Waals surface area contributed by atoms with Crippen LogP contribution in [0.4, 0.5) is 0 Å². The zero-order valence-corrected chi connectivity index (χ0v) is 15.2. The second-order valence-electron chi connectivity index (χ2n) is 6.87. The number of Topliss-reactive ketones (excluding diaryl/α,β-unsaturated/α-hetero) is 1. The van der Waals surface area contributed by atoms with E-state index < -0.39 is 0 Å². The number of nitrogens with zero attached hydrogens (tertiary/aromatic N) is 3. The Labute approximate surface area is 157 Å². The van der Waals surface area contributed by atoms with Crippen LogP contribution in [0.2, 0.25) is 0 Å². The molecule has 2 aromatic rings. The molecule has 1 fully saturated rings. The number of piperidine rings is 1. The number of aryl methyl sites for hydroxylation is 1. The maximum atomic E-state index is 13.1. The maximum Gasteiger partial charge on any atom is 0.254 e. The third-order valence-corrected chi connectivity index (χ3v) is 5.04. The Balaban J connectivity index is 1.53. The number of ether oxygens (including phenoxy) is 1. The van der Waals surface area contributed by atoms with Crippen molar-refractivity contribution in [3.63, 3.8) is 0 Å². The van der Waals surface area contributed by atoms with Crippen molar-refractivity contribution in [3.8, 4) is 5.75 Å². The van der Waals surface area contributed by atoms with Crippen molar-refractivity contribution in [2.24, 2.45) is 13.0 Å². The van der Waals surface area contributed by atoms with Gasteiger partial charge < -0.3 is 14.2 Å². The molecule has 3 heterocycles. The molecule has 0 spiro atoms. The molecule has 0 radical (unpaired) electrons. The van der Waals surface area contributed by atoms with Gasteiger partial charge in [0.25, 0.3) is 5.91 Å². The summed E-state index contributed by atoms with van der Waals surface area (Å²) in [5.41, 5.74) is 1.42. The fraction of sp³-hybridized carbons (Fsp3) is 0.286. The molecule has 4 rings (SSSR count). The van der Waals surface area contributed by atoms with E-state index in [1.807, 2.05) is 37.4 Å². The summed E-state index contributed by atoms with van der Waals surface area (Å²) in [7, 11) is 1.81. The number of amides is 1. The average molecular weight is 363 g/mol. The molecule has 0 N–H and O–H groups in total. The van der Waals surface area contributed by atoms with Crippen LogP contribution < -0.4 is 4.74 Å². The predicted molar refractivity (Wildman–Crippen MR) is 101 cm³/mol. The van der Waals surface area contributed by atoms with E-state index in [0.29, 0.717) is 24.5 Å². The van der Waals surface area contributed by atoms with Gasteiger partial charge in [0.1, 0.15) is 5.75 Å². The van der Waals surface area contributed by atoms with Gasteiger partial charge in [-0.2, -0.15) is 0 Å². The maximum absolute atomic E-state index is 13.1. The molecule has 1 aromatic heterocycles. The van der Waals surface area contributed by atoms with Crippen LogP contribution in [0.3, 0.4) is 0 Å². The standard InChI is InChI=1S/C21H21N3O3/c1-23-11-9-22-20(23)19(25)17-6-4-10-24(14-17)21(26)16-8-12-27-18-7-3-2-5-15(18)13-16/h2-3,5,7-9,11-13,17H,4,6,10,14H2,1H3/t17-/m1/s1. The zero-order chi connectivity index (χ0) is 18.8. The highest BCUT2D eigenvalue weighted by molar-refractivity contribution is 6.02. The molecule has 0 aliphatic carbocycles. The number of ketones is 1. The summed E-state index contributed by atoms with van der Waals surface area (Å²) in [5.74, 6) is 0.869. The van der Waals surface area contributed by atoms with Crippen LogP contribution >= 0.6 is 0 Å². The fourth-order valence-electron chi connectivity index (χ4n) is 3.58. The summed E-state index contributed by atoms with van der Waals surface area (Å²) in [5, 5.41) is 0. The monoisotopic (exact) mass is 363 g/mol. The van der Waals surface area contributed by atoms with E-state index in [9.17, 15) is 9.59 Å². The minimum absolute atomic E-state index is 0.000864. The van der Waals surface area contributed by atoms with Crippen LogP contribution in [0.15, 0.2) is 54.6 Å². The van der Waals surface area contributed by atoms with Crippen LogP contribution in [-0.2, 0) is 11.8 Å². The van der Waals surface area contributed by atoms with Crippen molar-refractivity contribution in [2.45, 2.75) is 12.8 Å². The molecule has 1 atom stereocenters. The lowest BCUT2D eigenvalue weighted by molar-refractivity contribution is -0.128. The van der Waals surface area contributed by atoms with Gasteiger partial charge in [0.2, 0.25) is 5.78 Å². The van der Waals surface area contributed by atoms with Crippen LogP contribution in [0.5, 0.6) is 5.75 Å². The van der Waals surface area contributed by atoms with E-state index in [1.165, 1.54) is 6.26 Å². The number of imidazole rings is 1. The van der Waals surface area contributed by atoms with Crippen LogP contribution in [0, 0.1) is 5.92 Å². The quantitative estimate of drug-likeness (QED) is 0.787. The van der Waals surface area contributed by atoms with Crippen LogP contribution in [0.25, 0.3) is 6.08 Å². The number of likely N-dealkylation sites (tertiary alicyclic amines) is 1. The van der Waals surface area contributed by atoms with Gasteiger partial charge in [-0.1, -0.05) is 18.2 Å². The zero-order valence-electron chi connectivity index (χ0n) is 15.2. The minimum atomic E-state index is -0.220. The van der Waals surface area contributed by atoms with Crippen LogP contribution in [-0.4, -0.2) is 39.2 Å². The SMILES string of the molecule is Cn1ccnc1C(=O)[C@@H]1CCCN(C(=O)C2=Cc3ccccc3OC=C2)C1. The van der Waals surface area contributed by atoms with Gasteiger partial charge in [-0.15, -0.1) is 0 Å². The number of carbonyl (C=O) groups is 2. The van der Waals surface area contributed by atoms with E-state index in [2.05, 4.69) is 4.98 Å². The Hall–Kier alpha value is -3.15. The van der Waals surface area contributed by atoms with Crippen molar-refractivity contribution in [1.29, 1.82) is 0 Å².